The van der Waals surface area contributed by atoms with E-state index in [0.717, 1.165) is 58.5 Å². The molecule has 3 heterocycles. The molecular formula is C18H32N4O3. The molecule has 1 atom stereocenters. The van der Waals surface area contributed by atoms with E-state index in [1.807, 2.05) is 4.90 Å². The van der Waals surface area contributed by atoms with Crippen LogP contribution in [0.3, 0.4) is 0 Å². The number of piperidine rings is 1. The van der Waals surface area contributed by atoms with Crippen LogP contribution in [0.15, 0.2) is 0 Å². The Morgan fingerprint density at radius 2 is 1.80 bits per heavy atom. The molecule has 3 fully saturated rings. The zero-order valence-corrected chi connectivity index (χ0v) is 15.5. The highest BCUT2D eigenvalue weighted by Crippen LogP contribution is 2.40. The molecule has 0 bridgehead atoms. The Balaban J connectivity index is 1.53. The van der Waals surface area contributed by atoms with Crippen molar-refractivity contribution in [1.29, 1.82) is 0 Å². The van der Waals surface area contributed by atoms with Crippen LogP contribution < -0.4 is 0 Å². The number of carbonyl (C=O) groups excluding carboxylic acids is 2. The molecule has 1 N–H and O–H groups in total. The summed E-state index contributed by atoms with van der Waals surface area (Å²) in [7, 11) is 0. The van der Waals surface area contributed by atoms with Gasteiger partial charge in [-0.15, -0.1) is 0 Å². The molecule has 0 aromatic heterocycles. The monoisotopic (exact) mass is 352 g/mol. The molecule has 0 aromatic carbocycles. The third kappa shape index (κ3) is 3.99. The number of nitrogens with zero attached hydrogens (tertiary/aromatic N) is 4. The van der Waals surface area contributed by atoms with E-state index in [9.17, 15) is 9.59 Å². The van der Waals surface area contributed by atoms with Crippen LogP contribution in [0, 0.1) is 5.41 Å². The largest absolute Gasteiger partial charge is 0.395 e. The predicted octanol–water partition coefficient (Wildman–Crippen LogP) is -0.543. The van der Waals surface area contributed by atoms with Gasteiger partial charge in [0.25, 0.3) is 0 Å². The van der Waals surface area contributed by atoms with Crippen LogP contribution in [0.5, 0.6) is 0 Å². The minimum atomic E-state index is -0.399. The van der Waals surface area contributed by atoms with Gasteiger partial charge < -0.3 is 19.8 Å². The van der Waals surface area contributed by atoms with Crippen LogP contribution in [0.25, 0.3) is 0 Å². The van der Waals surface area contributed by atoms with Gasteiger partial charge in [0.15, 0.2) is 0 Å². The van der Waals surface area contributed by atoms with Crippen molar-refractivity contribution in [1.82, 2.24) is 19.6 Å². The van der Waals surface area contributed by atoms with Crippen LogP contribution in [0.4, 0.5) is 0 Å². The van der Waals surface area contributed by atoms with Gasteiger partial charge in [-0.05, 0) is 25.8 Å². The first-order chi connectivity index (χ1) is 12.1. The van der Waals surface area contributed by atoms with Gasteiger partial charge in [0, 0.05) is 52.4 Å². The van der Waals surface area contributed by atoms with Crippen molar-refractivity contribution in [2.75, 3.05) is 72.1 Å². The van der Waals surface area contributed by atoms with E-state index >= 15 is 0 Å². The Labute approximate surface area is 150 Å². The molecule has 25 heavy (non-hydrogen) atoms. The number of hydrogen-bond donors (Lipinski definition) is 1. The molecule has 0 saturated carbocycles. The van der Waals surface area contributed by atoms with Gasteiger partial charge in [0.05, 0.1) is 18.6 Å². The van der Waals surface area contributed by atoms with E-state index in [1.54, 1.807) is 4.90 Å². The van der Waals surface area contributed by atoms with E-state index in [1.165, 1.54) is 0 Å². The molecule has 3 rings (SSSR count). The standard InChI is InChI=1S/C18H32N4O3/c1-2-19-8-10-20(11-9-19)14-16(24)22-7-5-18(15-22)4-3-6-21(12-13-23)17(18)25/h23H,2-15H2,1H3/t18-/m1/s1. The summed E-state index contributed by atoms with van der Waals surface area (Å²) in [5.74, 6) is 0.300. The maximum Gasteiger partial charge on any atom is 0.236 e. The van der Waals surface area contributed by atoms with Gasteiger partial charge in [-0.25, -0.2) is 0 Å². The second-order valence-corrected chi connectivity index (χ2v) is 7.68. The van der Waals surface area contributed by atoms with Gasteiger partial charge in [-0.2, -0.15) is 0 Å². The van der Waals surface area contributed by atoms with E-state index in [0.29, 0.717) is 26.2 Å². The molecule has 7 heteroatoms. The molecule has 7 nitrogen and oxygen atoms in total. The number of likely N-dealkylation sites (N-methyl/N-ethyl adjacent to an activating group) is 1. The second kappa shape index (κ2) is 8.01. The Morgan fingerprint density at radius 1 is 1.08 bits per heavy atom. The molecule has 0 unspecified atom stereocenters. The van der Waals surface area contributed by atoms with Gasteiger partial charge in [-0.3, -0.25) is 14.5 Å². The van der Waals surface area contributed by atoms with Crippen LogP contribution in [-0.2, 0) is 9.59 Å². The van der Waals surface area contributed by atoms with Gasteiger partial charge >= 0.3 is 0 Å². The second-order valence-electron chi connectivity index (χ2n) is 7.68. The lowest BCUT2D eigenvalue weighted by Gasteiger charge is -2.39. The van der Waals surface area contributed by atoms with Crippen molar-refractivity contribution in [3.8, 4) is 0 Å². The summed E-state index contributed by atoms with van der Waals surface area (Å²) in [4.78, 5) is 33.9. The predicted molar refractivity (Wildman–Crippen MR) is 95.1 cm³/mol. The maximum absolute atomic E-state index is 12.8. The average Bonchev–Trinajstić information content (AvgIpc) is 3.05. The lowest BCUT2D eigenvalue weighted by atomic mass is 9.78. The molecule has 0 aliphatic carbocycles. The number of rotatable bonds is 5. The first-order valence-corrected chi connectivity index (χ1v) is 9.71. The fraction of sp³-hybridized carbons (Fsp3) is 0.889. The fourth-order valence-corrected chi connectivity index (χ4v) is 4.51. The zero-order chi connectivity index (χ0) is 17.9. The molecular weight excluding hydrogens is 320 g/mol. The summed E-state index contributed by atoms with van der Waals surface area (Å²) in [6.45, 7) is 10.1. The summed E-state index contributed by atoms with van der Waals surface area (Å²) in [6, 6.07) is 0. The summed E-state index contributed by atoms with van der Waals surface area (Å²) in [5.41, 5.74) is -0.399. The van der Waals surface area contributed by atoms with E-state index in [4.69, 9.17) is 5.11 Å². The van der Waals surface area contributed by atoms with E-state index in [-0.39, 0.29) is 18.4 Å². The molecule has 3 aliphatic heterocycles. The number of β-amino-alcohol motifs (C(OH)–C–C–N with tert-alkyl or cyclic N) is 1. The van der Waals surface area contributed by atoms with Crippen LogP contribution in [0.1, 0.15) is 26.2 Å². The topological polar surface area (TPSA) is 67.3 Å². The smallest absolute Gasteiger partial charge is 0.236 e. The molecule has 1 spiro atoms. The molecule has 0 aromatic rings. The number of aliphatic hydroxyl groups excluding tert-OH is 1. The van der Waals surface area contributed by atoms with Crippen LogP contribution in [0.2, 0.25) is 0 Å². The number of hydrogen-bond acceptors (Lipinski definition) is 5. The first-order valence-electron chi connectivity index (χ1n) is 9.71. The van der Waals surface area contributed by atoms with Gasteiger partial charge in [-0.1, -0.05) is 6.92 Å². The van der Waals surface area contributed by atoms with E-state index < -0.39 is 5.41 Å². The van der Waals surface area contributed by atoms with Crippen molar-refractivity contribution in [2.45, 2.75) is 26.2 Å². The van der Waals surface area contributed by atoms with Crippen LogP contribution in [-0.4, -0.2) is 109 Å². The lowest BCUT2D eigenvalue weighted by Crippen LogP contribution is -2.52. The van der Waals surface area contributed by atoms with Crippen molar-refractivity contribution in [3.63, 3.8) is 0 Å². The quantitative estimate of drug-likeness (QED) is 0.720. The fourth-order valence-electron chi connectivity index (χ4n) is 4.51. The SMILES string of the molecule is CCN1CCN(CC(=O)N2CC[C@]3(CCCN(CCO)C3=O)C2)CC1. The molecule has 3 aliphatic rings. The Hall–Kier alpha value is -1.18. The third-order valence-corrected chi connectivity index (χ3v) is 6.17. The number of aliphatic hydroxyl groups is 1. The number of likely N-dealkylation sites (tertiary alicyclic amines) is 2. The van der Waals surface area contributed by atoms with Crippen LogP contribution >= 0.6 is 0 Å². The van der Waals surface area contributed by atoms with Crippen molar-refractivity contribution in [2.24, 2.45) is 5.41 Å². The highest BCUT2D eigenvalue weighted by atomic mass is 16.3. The van der Waals surface area contributed by atoms with Crippen molar-refractivity contribution < 1.29 is 14.7 Å². The minimum absolute atomic E-state index is 0.00814. The number of piperazine rings is 1. The number of amides is 2. The minimum Gasteiger partial charge on any atom is -0.395 e. The summed E-state index contributed by atoms with van der Waals surface area (Å²) < 4.78 is 0. The molecule has 2 amide bonds. The molecule has 0 radical (unpaired) electrons. The normalized spacial score (nSPS) is 29.0. The summed E-state index contributed by atoms with van der Waals surface area (Å²) >= 11 is 0. The first kappa shape index (κ1) is 18.6. The summed E-state index contributed by atoms with van der Waals surface area (Å²) in [5, 5.41) is 9.16. The lowest BCUT2D eigenvalue weighted by molar-refractivity contribution is -0.146. The number of carbonyl (C=O) groups is 2. The van der Waals surface area contributed by atoms with Gasteiger partial charge in [0.2, 0.25) is 11.8 Å². The zero-order valence-electron chi connectivity index (χ0n) is 15.5. The Bertz CT molecular complexity index is 491. The van der Waals surface area contributed by atoms with Gasteiger partial charge in [0.1, 0.15) is 0 Å². The highest BCUT2D eigenvalue weighted by molar-refractivity contribution is 5.86. The van der Waals surface area contributed by atoms with Crippen molar-refractivity contribution in [3.05, 3.63) is 0 Å². The van der Waals surface area contributed by atoms with Crippen molar-refractivity contribution >= 4 is 11.8 Å². The maximum atomic E-state index is 12.8. The third-order valence-electron chi connectivity index (χ3n) is 6.17. The highest BCUT2D eigenvalue weighted by Gasteiger charge is 2.49. The molecule has 142 valence electrons. The average molecular weight is 352 g/mol. The molecule has 3 saturated heterocycles. The van der Waals surface area contributed by atoms with E-state index in [2.05, 4.69) is 16.7 Å². The Morgan fingerprint density at radius 3 is 2.48 bits per heavy atom. The summed E-state index contributed by atoms with van der Waals surface area (Å²) in [6.07, 6.45) is 2.60. The Kier molecular flexibility index (Phi) is 5.96.